The van der Waals surface area contributed by atoms with Crippen molar-refractivity contribution in [1.29, 1.82) is 0 Å². The number of morpholine rings is 1. The highest BCUT2D eigenvalue weighted by Gasteiger charge is 2.13. The van der Waals surface area contributed by atoms with E-state index in [-0.39, 0.29) is 5.84 Å². The highest BCUT2D eigenvalue weighted by atomic mass is 16.5. The van der Waals surface area contributed by atoms with Gasteiger partial charge in [-0.25, -0.2) is 4.98 Å². The number of ether oxygens (including phenoxy) is 1. The largest absolute Gasteiger partial charge is 0.380 e. The summed E-state index contributed by atoms with van der Waals surface area (Å²) in [6.07, 6.45) is 3.23. The summed E-state index contributed by atoms with van der Waals surface area (Å²) in [6, 6.07) is 0. The van der Waals surface area contributed by atoms with Gasteiger partial charge in [0, 0.05) is 13.1 Å². The smallest absolute Gasteiger partial charge is 0.170 e. The van der Waals surface area contributed by atoms with Crippen LogP contribution in [0.2, 0.25) is 0 Å². The number of hydrogen-bond acceptors (Lipinski definition) is 6. The zero-order chi connectivity index (χ0) is 11.4. The first kappa shape index (κ1) is 10.6. The van der Waals surface area contributed by atoms with Crippen molar-refractivity contribution < 1.29 is 4.74 Å². The molecule has 1 aliphatic heterocycles. The van der Waals surface area contributed by atoms with E-state index in [0.717, 1.165) is 18.9 Å². The van der Waals surface area contributed by atoms with Crippen molar-refractivity contribution in [3.05, 3.63) is 18.1 Å². The number of hydrazone groups is 1. The lowest BCUT2D eigenvalue weighted by Crippen LogP contribution is -2.37. The Labute approximate surface area is 93.1 Å². The Morgan fingerprint density at radius 1 is 1.38 bits per heavy atom. The number of anilines is 1. The Balaban J connectivity index is 2.21. The number of amidine groups is 1. The molecule has 0 atom stereocenters. The molecule has 0 spiro atoms. The number of nitrogens with two attached hydrogens (primary N) is 2. The van der Waals surface area contributed by atoms with Crippen molar-refractivity contribution in [2.45, 2.75) is 0 Å². The maximum absolute atomic E-state index is 5.57. The molecule has 0 aromatic carbocycles. The summed E-state index contributed by atoms with van der Waals surface area (Å²) < 4.78 is 5.26. The minimum absolute atomic E-state index is 0.183. The average molecular weight is 222 g/mol. The fourth-order valence-electron chi connectivity index (χ4n) is 1.49. The van der Waals surface area contributed by atoms with E-state index in [1.165, 1.54) is 6.20 Å². The highest BCUT2D eigenvalue weighted by molar-refractivity contribution is 5.95. The van der Waals surface area contributed by atoms with Gasteiger partial charge >= 0.3 is 0 Å². The fraction of sp³-hybridized carbons (Fsp3) is 0.444. The third kappa shape index (κ3) is 2.19. The van der Waals surface area contributed by atoms with Gasteiger partial charge in [-0.3, -0.25) is 4.98 Å². The Kier molecular flexibility index (Phi) is 3.16. The van der Waals surface area contributed by atoms with Crippen LogP contribution >= 0.6 is 0 Å². The second-order valence-electron chi connectivity index (χ2n) is 3.38. The third-order valence-electron chi connectivity index (χ3n) is 2.36. The summed E-state index contributed by atoms with van der Waals surface area (Å²) in [6.45, 7) is 3.01. The van der Waals surface area contributed by atoms with Gasteiger partial charge in [-0.15, -0.1) is 0 Å². The summed E-state index contributed by atoms with van der Waals surface area (Å²) in [5.74, 6) is 6.05. The monoisotopic (exact) mass is 222 g/mol. The van der Waals surface area contributed by atoms with E-state index in [0.29, 0.717) is 18.9 Å². The van der Waals surface area contributed by atoms with Crippen molar-refractivity contribution >= 4 is 11.7 Å². The Morgan fingerprint density at radius 3 is 2.81 bits per heavy atom. The van der Waals surface area contributed by atoms with Crippen LogP contribution in [-0.4, -0.2) is 42.1 Å². The van der Waals surface area contributed by atoms with E-state index in [4.69, 9.17) is 16.3 Å². The summed E-state index contributed by atoms with van der Waals surface area (Å²) in [7, 11) is 0. The van der Waals surface area contributed by atoms with Gasteiger partial charge in [0.25, 0.3) is 0 Å². The molecule has 1 fully saturated rings. The molecule has 0 amide bonds. The molecule has 4 N–H and O–H groups in total. The highest BCUT2D eigenvalue weighted by Crippen LogP contribution is 2.11. The van der Waals surface area contributed by atoms with Crippen LogP contribution in [0.25, 0.3) is 0 Å². The number of rotatable bonds is 2. The lowest BCUT2D eigenvalue weighted by molar-refractivity contribution is 0.122. The molecule has 0 bridgehead atoms. The minimum Gasteiger partial charge on any atom is -0.380 e. The molecule has 16 heavy (non-hydrogen) atoms. The van der Waals surface area contributed by atoms with Crippen molar-refractivity contribution in [3.8, 4) is 0 Å². The van der Waals surface area contributed by atoms with Crippen LogP contribution in [0, 0.1) is 0 Å². The van der Waals surface area contributed by atoms with Gasteiger partial charge < -0.3 is 21.2 Å². The molecule has 0 radical (unpaired) electrons. The summed E-state index contributed by atoms with van der Waals surface area (Å²) in [4.78, 5) is 10.5. The van der Waals surface area contributed by atoms with Crippen molar-refractivity contribution in [2.24, 2.45) is 16.7 Å². The van der Waals surface area contributed by atoms with Gasteiger partial charge in [0.1, 0.15) is 11.5 Å². The molecule has 0 unspecified atom stereocenters. The zero-order valence-electron chi connectivity index (χ0n) is 8.83. The van der Waals surface area contributed by atoms with Crippen LogP contribution in [0.5, 0.6) is 0 Å². The molecule has 0 saturated carbocycles. The molecule has 2 rings (SSSR count). The van der Waals surface area contributed by atoms with Gasteiger partial charge in [0.2, 0.25) is 0 Å². The van der Waals surface area contributed by atoms with E-state index in [1.807, 2.05) is 0 Å². The van der Waals surface area contributed by atoms with Crippen molar-refractivity contribution in [3.63, 3.8) is 0 Å². The topological polar surface area (TPSA) is 103 Å². The number of hydrogen-bond donors (Lipinski definition) is 2. The molecule has 7 heteroatoms. The molecule has 1 saturated heterocycles. The molecular formula is C9H14N6O. The Morgan fingerprint density at radius 2 is 2.12 bits per heavy atom. The van der Waals surface area contributed by atoms with Gasteiger partial charge in [-0.05, 0) is 0 Å². The van der Waals surface area contributed by atoms with Crippen LogP contribution in [0.1, 0.15) is 5.69 Å². The van der Waals surface area contributed by atoms with E-state index in [1.54, 1.807) is 6.20 Å². The van der Waals surface area contributed by atoms with Crippen LogP contribution < -0.4 is 16.5 Å². The third-order valence-corrected chi connectivity index (χ3v) is 2.36. The molecule has 1 aromatic rings. The molecule has 1 aromatic heterocycles. The first-order chi connectivity index (χ1) is 7.81. The van der Waals surface area contributed by atoms with Crippen LogP contribution in [0.3, 0.4) is 0 Å². The van der Waals surface area contributed by atoms with Crippen LogP contribution in [0.15, 0.2) is 17.5 Å². The van der Waals surface area contributed by atoms with Gasteiger partial charge in [-0.1, -0.05) is 0 Å². The van der Waals surface area contributed by atoms with Crippen molar-refractivity contribution in [1.82, 2.24) is 9.97 Å². The van der Waals surface area contributed by atoms with Gasteiger partial charge in [0.15, 0.2) is 5.84 Å². The van der Waals surface area contributed by atoms with E-state index >= 15 is 0 Å². The maximum atomic E-state index is 5.57. The SMILES string of the molecule is N/N=C(\N)c1cncc(N2CCOCC2)n1. The molecule has 2 heterocycles. The lowest BCUT2D eigenvalue weighted by Gasteiger charge is -2.27. The zero-order valence-corrected chi connectivity index (χ0v) is 8.83. The van der Waals surface area contributed by atoms with E-state index in [9.17, 15) is 0 Å². The fourth-order valence-corrected chi connectivity index (χ4v) is 1.49. The van der Waals surface area contributed by atoms with Gasteiger partial charge in [-0.2, -0.15) is 5.10 Å². The lowest BCUT2D eigenvalue weighted by atomic mass is 10.4. The summed E-state index contributed by atoms with van der Waals surface area (Å²) in [5, 5.41) is 3.39. The second-order valence-corrected chi connectivity index (χ2v) is 3.38. The summed E-state index contributed by atoms with van der Waals surface area (Å²) >= 11 is 0. The normalized spacial score (nSPS) is 17.5. The minimum atomic E-state index is 0.183. The van der Waals surface area contributed by atoms with E-state index < -0.39 is 0 Å². The first-order valence-corrected chi connectivity index (χ1v) is 4.99. The van der Waals surface area contributed by atoms with Crippen molar-refractivity contribution in [2.75, 3.05) is 31.2 Å². The predicted molar refractivity (Wildman–Crippen MR) is 60.0 cm³/mol. The van der Waals surface area contributed by atoms with Gasteiger partial charge in [0.05, 0.1) is 25.6 Å². The quantitative estimate of drug-likeness (QED) is 0.285. The van der Waals surface area contributed by atoms with E-state index in [2.05, 4.69) is 20.0 Å². The Hall–Kier alpha value is -1.89. The molecule has 0 aliphatic carbocycles. The Bertz CT molecular complexity index is 387. The molecular weight excluding hydrogens is 208 g/mol. The maximum Gasteiger partial charge on any atom is 0.170 e. The van der Waals surface area contributed by atoms with Crippen LogP contribution in [0.4, 0.5) is 5.82 Å². The standard InChI is InChI=1S/C9H14N6O/c10-9(14-11)7-5-12-6-8(13-7)15-1-3-16-4-2-15/h5-6H,1-4,11H2,(H2,10,14). The molecule has 86 valence electrons. The molecule has 7 nitrogen and oxygen atoms in total. The molecule has 1 aliphatic rings. The number of aromatic nitrogens is 2. The number of nitrogens with zero attached hydrogens (tertiary/aromatic N) is 4. The predicted octanol–water partition coefficient (Wildman–Crippen LogP) is -1.11. The van der Waals surface area contributed by atoms with Crippen LogP contribution in [-0.2, 0) is 4.74 Å². The average Bonchev–Trinajstić information content (AvgIpc) is 2.39. The summed E-state index contributed by atoms with van der Waals surface area (Å²) in [5.41, 5.74) is 6.06. The first-order valence-electron chi connectivity index (χ1n) is 4.99. The second kappa shape index (κ2) is 4.75.